The molecule has 0 aliphatic carbocycles. The SMILES string of the molecule is CC(=O)N1CCC(C(=O)Nc2ccc(Cl)cc2)CC1. The maximum Gasteiger partial charge on any atom is 0.227 e. The zero-order valence-corrected chi connectivity index (χ0v) is 11.6. The molecule has 0 unspecified atom stereocenters. The van der Waals surface area contributed by atoms with Gasteiger partial charge in [0.1, 0.15) is 0 Å². The van der Waals surface area contributed by atoms with Gasteiger partial charge in [0.2, 0.25) is 11.8 Å². The normalized spacial score (nSPS) is 16.2. The van der Waals surface area contributed by atoms with Gasteiger partial charge in [0.25, 0.3) is 0 Å². The van der Waals surface area contributed by atoms with Crippen LogP contribution in [-0.2, 0) is 9.59 Å². The van der Waals surface area contributed by atoms with E-state index in [0.717, 1.165) is 18.5 Å². The molecule has 1 aliphatic rings. The van der Waals surface area contributed by atoms with Crippen LogP contribution in [0.4, 0.5) is 5.69 Å². The van der Waals surface area contributed by atoms with Crippen LogP contribution >= 0.6 is 11.6 Å². The van der Waals surface area contributed by atoms with Crippen LogP contribution in [-0.4, -0.2) is 29.8 Å². The number of likely N-dealkylation sites (tertiary alicyclic amines) is 1. The van der Waals surface area contributed by atoms with Crippen molar-refractivity contribution in [1.82, 2.24) is 4.90 Å². The highest BCUT2D eigenvalue weighted by atomic mass is 35.5. The molecule has 1 heterocycles. The van der Waals surface area contributed by atoms with Gasteiger partial charge in [-0.05, 0) is 37.1 Å². The topological polar surface area (TPSA) is 49.4 Å². The third-order valence-electron chi connectivity index (χ3n) is 3.42. The highest BCUT2D eigenvalue weighted by molar-refractivity contribution is 6.30. The van der Waals surface area contributed by atoms with Crippen molar-refractivity contribution in [2.75, 3.05) is 18.4 Å². The zero-order chi connectivity index (χ0) is 13.8. The van der Waals surface area contributed by atoms with Crippen molar-refractivity contribution in [3.8, 4) is 0 Å². The first-order valence-electron chi connectivity index (χ1n) is 6.38. The van der Waals surface area contributed by atoms with Crippen molar-refractivity contribution >= 4 is 29.1 Å². The third kappa shape index (κ3) is 3.70. The fourth-order valence-electron chi connectivity index (χ4n) is 2.23. The average molecular weight is 281 g/mol. The average Bonchev–Trinajstić information content (AvgIpc) is 2.41. The number of piperidine rings is 1. The van der Waals surface area contributed by atoms with Crippen LogP contribution in [0.2, 0.25) is 5.02 Å². The van der Waals surface area contributed by atoms with Crippen LogP contribution < -0.4 is 5.32 Å². The fraction of sp³-hybridized carbons (Fsp3) is 0.429. The molecule has 19 heavy (non-hydrogen) atoms. The molecule has 0 saturated carbocycles. The summed E-state index contributed by atoms with van der Waals surface area (Å²) in [6.45, 7) is 2.89. The Hall–Kier alpha value is -1.55. The largest absolute Gasteiger partial charge is 0.343 e. The molecule has 1 aromatic carbocycles. The zero-order valence-electron chi connectivity index (χ0n) is 10.9. The first-order valence-corrected chi connectivity index (χ1v) is 6.76. The maximum atomic E-state index is 12.1. The Balaban J connectivity index is 1.88. The Labute approximate surface area is 117 Å². The smallest absolute Gasteiger partial charge is 0.227 e. The summed E-state index contributed by atoms with van der Waals surface area (Å²) in [6.07, 6.45) is 1.44. The van der Waals surface area contributed by atoms with Gasteiger partial charge < -0.3 is 10.2 Å². The van der Waals surface area contributed by atoms with Gasteiger partial charge >= 0.3 is 0 Å². The van der Waals surface area contributed by atoms with E-state index in [9.17, 15) is 9.59 Å². The number of hydrogen-bond acceptors (Lipinski definition) is 2. The minimum Gasteiger partial charge on any atom is -0.343 e. The minimum atomic E-state index is -0.0220. The van der Waals surface area contributed by atoms with Crippen molar-refractivity contribution in [3.05, 3.63) is 29.3 Å². The Morgan fingerprint density at radius 1 is 1.21 bits per heavy atom. The van der Waals surface area contributed by atoms with E-state index in [-0.39, 0.29) is 17.7 Å². The summed E-state index contributed by atoms with van der Waals surface area (Å²) in [5.74, 6) is 0.0772. The lowest BCUT2D eigenvalue weighted by Crippen LogP contribution is -2.40. The molecular formula is C14H17ClN2O2. The Kier molecular flexibility index (Phi) is 4.43. The summed E-state index contributed by atoms with van der Waals surface area (Å²) in [5.41, 5.74) is 0.753. The van der Waals surface area contributed by atoms with E-state index in [4.69, 9.17) is 11.6 Å². The monoisotopic (exact) mass is 280 g/mol. The van der Waals surface area contributed by atoms with Crippen molar-refractivity contribution in [2.24, 2.45) is 5.92 Å². The number of nitrogens with one attached hydrogen (secondary N) is 1. The number of amides is 2. The fourth-order valence-corrected chi connectivity index (χ4v) is 2.36. The highest BCUT2D eigenvalue weighted by Gasteiger charge is 2.25. The maximum absolute atomic E-state index is 12.1. The van der Waals surface area contributed by atoms with Gasteiger partial charge in [-0.1, -0.05) is 11.6 Å². The van der Waals surface area contributed by atoms with E-state index in [1.54, 1.807) is 36.1 Å². The quantitative estimate of drug-likeness (QED) is 0.905. The lowest BCUT2D eigenvalue weighted by Gasteiger charge is -2.30. The van der Waals surface area contributed by atoms with Gasteiger partial charge in [0, 0.05) is 36.6 Å². The van der Waals surface area contributed by atoms with Crippen LogP contribution in [0.1, 0.15) is 19.8 Å². The standard InChI is InChI=1S/C14H17ClN2O2/c1-10(18)17-8-6-11(7-9-17)14(19)16-13-4-2-12(15)3-5-13/h2-5,11H,6-9H2,1H3,(H,16,19). The van der Waals surface area contributed by atoms with Gasteiger partial charge in [0.05, 0.1) is 0 Å². The van der Waals surface area contributed by atoms with Crippen LogP contribution in [0.3, 0.4) is 0 Å². The number of benzene rings is 1. The van der Waals surface area contributed by atoms with Crippen LogP contribution in [0.5, 0.6) is 0 Å². The van der Waals surface area contributed by atoms with Crippen LogP contribution in [0.25, 0.3) is 0 Å². The van der Waals surface area contributed by atoms with Gasteiger partial charge in [-0.2, -0.15) is 0 Å². The van der Waals surface area contributed by atoms with Gasteiger partial charge in [-0.3, -0.25) is 9.59 Å². The van der Waals surface area contributed by atoms with Gasteiger partial charge in [-0.15, -0.1) is 0 Å². The number of anilines is 1. The van der Waals surface area contributed by atoms with Gasteiger partial charge in [-0.25, -0.2) is 0 Å². The molecule has 5 heteroatoms. The minimum absolute atomic E-state index is 0.0190. The highest BCUT2D eigenvalue weighted by Crippen LogP contribution is 2.20. The molecular weight excluding hydrogens is 264 g/mol. The summed E-state index contributed by atoms with van der Waals surface area (Å²) in [6, 6.07) is 7.06. The molecule has 0 atom stereocenters. The van der Waals surface area contributed by atoms with Crippen LogP contribution in [0, 0.1) is 5.92 Å². The summed E-state index contributed by atoms with van der Waals surface area (Å²) in [5, 5.41) is 3.53. The molecule has 1 aromatic rings. The van der Waals surface area contributed by atoms with E-state index in [1.165, 1.54) is 0 Å². The lowest BCUT2D eigenvalue weighted by molar-refractivity contribution is -0.132. The van der Waals surface area contributed by atoms with Crippen LogP contribution in [0.15, 0.2) is 24.3 Å². The first-order chi connectivity index (χ1) is 9.06. The Bertz CT molecular complexity index is 465. The predicted octanol–water partition coefficient (Wildman–Crippen LogP) is 2.54. The molecule has 2 rings (SSSR count). The van der Waals surface area contributed by atoms with Crippen molar-refractivity contribution in [2.45, 2.75) is 19.8 Å². The number of halogens is 1. The number of carbonyl (C=O) groups is 2. The molecule has 102 valence electrons. The second-order valence-electron chi connectivity index (χ2n) is 4.78. The Morgan fingerprint density at radius 2 is 1.79 bits per heavy atom. The van der Waals surface area contributed by atoms with Crippen molar-refractivity contribution < 1.29 is 9.59 Å². The molecule has 1 aliphatic heterocycles. The summed E-state index contributed by atoms with van der Waals surface area (Å²) < 4.78 is 0. The molecule has 1 N–H and O–H groups in total. The second kappa shape index (κ2) is 6.06. The van der Waals surface area contributed by atoms with Crippen molar-refractivity contribution in [3.63, 3.8) is 0 Å². The molecule has 0 bridgehead atoms. The van der Waals surface area contributed by atoms with E-state index in [2.05, 4.69) is 5.32 Å². The molecule has 1 fully saturated rings. The van der Waals surface area contributed by atoms with E-state index >= 15 is 0 Å². The molecule has 1 saturated heterocycles. The first kappa shape index (κ1) is 13.9. The van der Waals surface area contributed by atoms with E-state index < -0.39 is 0 Å². The van der Waals surface area contributed by atoms with E-state index in [1.807, 2.05) is 0 Å². The lowest BCUT2D eigenvalue weighted by atomic mass is 9.96. The molecule has 4 nitrogen and oxygen atoms in total. The Morgan fingerprint density at radius 3 is 2.32 bits per heavy atom. The summed E-state index contributed by atoms with van der Waals surface area (Å²) in [4.78, 5) is 25.1. The van der Waals surface area contributed by atoms with Gasteiger partial charge in [0.15, 0.2) is 0 Å². The summed E-state index contributed by atoms with van der Waals surface area (Å²) in [7, 11) is 0. The molecule has 0 spiro atoms. The number of rotatable bonds is 2. The molecule has 0 radical (unpaired) electrons. The molecule has 0 aromatic heterocycles. The number of carbonyl (C=O) groups excluding carboxylic acids is 2. The molecule has 2 amide bonds. The van der Waals surface area contributed by atoms with Crippen molar-refractivity contribution in [1.29, 1.82) is 0 Å². The second-order valence-corrected chi connectivity index (χ2v) is 5.21. The third-order valence-corrected chi connectivity index (χ3v) is 3.67. The number of nitrogens with zero attached hydrogens (tertiary/aromatic N) is 1. The summed E-state index contributed by atoms with van der Waals surface area (Å²) >= 11 is 5.79. The predicted molar refractivity (Wildman–Crippen MR) is 75.1 cm³/mol. The number of hydrogen-bond donors (Lipinski definition) is 1. The van der Waals surface area contributed by atoms with E-state index in [0.29, 0.717) is 18.1 Å².